The van der Waals surface area contributed by atoms with E-state index < -0.39 is 11.8 Å². The lowest BCUT2D eigenvalue weighted by Crippen LogP contribution is -2.46. The van der Waals surface area contributed by atoms with Crippen molar-refractivity contribution in [3.05, 3.63) is 17.3 Å². The van der Waals surface area contributed by atoms with Crippen molar-refractivity contribution < 1.29 is 14.6 Å². The third-order valence-electron chi connectivity index (χ3n) is 6.22. The Hall–Kier alpha value is -2.86. The predicted octanol–water partition coefficient (Wildman–Crippen LogP) is 3.28. The molecule has 1 aromatic rings. The summed E-state index contributed by atoms with van der Waals surface area (Å²) in [6, 6.07) is 2.42. The first kappa shape index (κ1) is 22.3. The van der Waals surface area contributed by atoms with Gasteiger partial charge in [-0.25, -0.2) is 9.78 Å². The molecule has 1 amide bonds. The van der Waals surface area contributed by atoms with E-state index >= 15 is 0 Å². The maximum Gasteiger partial charge on any atom is 0.410 e. The number of rotatable bonds is 3. The molecular formula is C23H32N6O3. The van der Waals surface area contributed by atoms with Crippen LogP contribution in [0.5, 0.6) is 0 Å². The van der Waals surface area contributed by atoms with Crippen LogP contribution in [0.15, 0.2) is 11.8 Å². The van der Waals surface area contributed by atoms with Gasteiger partial charge in [0.2, 0.25) is 5.95 Å². The number of anilines is 2. The summed E-state index contributed by atoms with van der Waals surface area (Å²) < 4.78 is 5.47. The summed E-state index contributed by atoms with van der Waals surface area (Å²) in [6.45, 7) is 6.82. The van der Waals surface area contributed by atoms with E-state index in [1.807, 2.05) is 25.7 Å². The molecule has 9 heteroatoms. The summed E-state index contributed by atoms with van der Waals surface area (Å²) in [5.74, 6) is 1.18. The highest BCUT2D eigenvalue weighted by Gasteiger charge is 2.35. The molecule has 0 aromatic carbocycles. The number of aliphatic hydroxyl groups is 1. The zero-order chi connectivity index (χ0) is 22.9. The molecule has 3 heterocycles. The lowest BCUT2D eigenvalue weighted by atomic mass is 10.0. The standard InChI is InChI=1S/C23H32N6O3/c1-23(2,3)32-22(31)28-10-8-17(9-11-28)26-21-25-14-16-12-15(13-24)20(30)29(19(16)27-21)18-6-4-5-7-18/h12,14,17-18,20,30H,4-11H2,1-3H3,(H,25,26,27). The maximum absolute atomic E-state index is 12.3. The minimum Gasteiger partial charge on any atom is -0.444 e. The first-order chi connectivity index (χ1) is 15.2. The molecule has 1 saturated carbocycles. The predicted molar refractivity (Wildman–Crippen MR) is 121 cm³/mol. The first-order valence-electron chi connectivity index (χ1n) is 11.4. The fourth-order valence-electron chi connectivity index (χ4n) is 4.63. The van der Waals surface area contributed by atoms with E-state index in [0.29, 0.717) is 30.4 Å². The number of carbonyl (C=O) groups excluding carboxylic acids is 1. The number of nitrogens with zero attached hydrogens (tertiary/aromatic N) is 5. The van der Waals surface area contributed by atoms with Crippen LogP contribution in [0.3, 0.4) is 0 Å². The van der Waals surface area contributed by atoms with Crippen molar-refractivity contribution in [2.24, 2.45) is 0 Å². The van der Waals surface area contributed by atoms with Crippen LogP contribution in [-0.2, 0) is 4.74 Å². The highest BCUT2D eigenvalue weighted by molar-refractivity contribution is 5.74. The molecule has 1 aliphatic carbocycles. The third kappa shape index (κ3) is 4.80. The zero-order valence-electron chi connectivity index (χ0n) is 19.0. The Balaban J connectivity index is 1.45. The molecule has 1 atom stereocenters. The minimum atomic E-state index is -0.976. The lowest BCUT2D eigenvalue weighted by molar-refractivity contribution is 0.0210. The number of ether oxygens (including phenoxy) is 1. The van der Waals surface area contributed by atoms with Crippen molar-refractivity contribution in [3.8, 4) is 6.07 Å². The van der Waals surface area contributed by atoms with Gasteiger partial charge < -0.3 is 25.0 Å². The van der Waals surface area contributed by atoms with E-state index in [4.69, 9.17) is 9.72 Å². The van der Waals surface area contributed by atoms with Gasteiger partial charge in [0.25, 0.3) is 0 Å². The Morgan fingerprint density at radius 3 is 2.56 bits per heavy atom. The molecule has 1 saturated heterocycles. The Morgan fingerprint density at radius 1 is 1.25 bits per heavy atom. The number of amides is 1. The zero-order valence-corrected chi connectivity index (χ0v) is 19.0. The molecule has 0 bridgehead atoms. The van der Waals surface area contributed by atoms with E-state index in [0.717, 1.165) is 44.1 Å². The van der Waals surface area contributed by atoms with Gasteiger partial charge in [0.1, 0.15) is 11.4 Å². The molecule has 2 fully saturated rings. The second-order valence-corrected chi connectivity index (χ2v) is 9.79. The van der Waals surface area contributed by atoms with Crippen LogP contribution >= 0.6 is 0 Å². The second kappa shape index (κ2) is 8.94. The summed E-state index contributed by atoms with van der Waals surface area (Å²) in [7, 11) is 0. The summed E-state index contributed by atoms with van der Waals surface area (Å²) in [5.41, 5.74) is 0.575. The molecule has 1 aromatic heterocycles. The summed E-state index contributed by atoms with van der Waals surface area (Å²) in [4.78, 5) is 25.1. The molecule has 0 radical (unpaired) electrons. The number of likely N-dealkylation sites (tertiary alicyclic amines) is 1. The molecule has 2 aliphatic heterocycles. The van der Waals surface area contributed by atoms with Crippen molar-refractivity contribution in [1.82, 2.24) is 14.9 Å². The average molecular weight is 441 g/mol. The molecule has 1 unspecified atom stereocenters. The van der Waals surface area contributed by atoms with Crippen LogP contribution in [0.2, 0.25) is 0 Å². The molecule has 32 heavy (non-hydrogen) atoms. The van der Waals surface area contributed by atoms with Gasteiger partial charge in [0.15, 0.2) is 6.23 Å². The van der Waals surface area contributed by atoms with Crippen molar-refractivity contribution in [1.29, 1.82) is 5.26 Å². The topological polar surface area (TPSA) is 115 Å². The van der Waals surface area contributed by atoms with Gasteiger partial charge in [0, 0.05) is 36.9 Å². The molecular weight excluding hydrogens is 408 g/mol. The molecule has 172 valence electrons. The number of hydrogen-bond acceptors (Lipinski definition) is 8. The average Bonchev–Trinajstić information content (AvgIpc) is 3.27. The number of hydrogen-bond donors (Lipinski definition) is 2. The summed E-state index contributed by atoms with van der Waals surface area (Å²) >= 11 is 0. The quantitative estimate of drug-likeness (QED) is 0.736. The maximum atomic E-state index is 12.3. The van der Waals surface area contributed by atoms with Crippen LogP contribution in [-0.4, -0.2) is 63.1 Å². The molecule has 9 nitrogen and oxygen atoms in total. The first-order valence-corrected chi connectivity index (χ1v) is 11.4. The Kier molecular flexibility index (Phi) is 6.24. The van der Waals surface area contributed by atoms with E-state index in [-0.39, 0.29) is 18.2 Å². The van der Waals surface area contributed by atoms with Gasteiger partial charge in [-0.15, -0.1) is 0 Å². The van der Waals surface area contributed by atoms with Gasteiger partial charge in [-0.1, -0.05) is 12.8 Å². The smallest absolute Gasteiger partial charge is 0.410 e. The van der Waals surface area contributed by atoms with Gasteiger partial charge >= 0.3 is 6.09 Å². The van der Waals surface area contributed by atoms with Gasteiger partial charge in [-0.2, -0.15) is 10.2 Å². The van der Waals surface area contributed by atoms with Crippen LogP contribution in [0, 0.1) is 11.3 Å². The fourth-order valence-corrected chi connectivity index (χ4v) is 4.63. The number of piperidine rings is 1. The summed E-state index contributed by atoms with van der Waals surface area (Å²) in [6.07, 6.45) is 7.86. The molecule has 0 spiro atoms. The van der Waals surface area contributed by atoms with Crippen molar-refractivity contribution >= 4 is 23.9 Å². The van der Waals surface area contributed by atoms with Gasteiger partial charge in [-0.05, 0) is 52.5 Å². The van der Waals surface area contributed by atoms with Crippen LogP contribution in [0.4, 0.5) is 16.6 Å². The molecule has 3 aliphatic rings. The van der Waals surface area contributed by atoms with E-state index in [1.165, 1.54) is 0 Å². The Morgan fingerprint density at radius 2 is 1.94 bits per heavy atom. The van der Waals surface area contributed by atoms with Crippen LogP contribution < -0.4 is 10.2 Å². The monoisotopic (exact) mass is 440 g/mol. The van der Waals surface area contributed by atoms with Gasteiger partial charge in [-0.3, -0.25) is 0 Å². The van der Waals surface area contributed by atoms with Gasteiger partial charge in [0.05, 0.1) is 11.6 Å². The van der Waals surface area contributed by atoms with E-state index in [2.05, 4.69) is 16.4 Å². The second-order valence-electron chi connectivity index (χ2n) is 9.79. The third-order valence-corrected chi connectivity index (χ3v) is 6.22. The van der Waals surface area contributed by atoms with E-state index in [1.54, 1.807) is 17.2 Å². The number of nitriles is 1. The highest BCUT2D eigenvalue weighted by atomic mass is 16.6. The van der Waals surface area contributed by atoms with Crippen molar-refractivity contribution in [3.63, 3.8) is 0 Å². The largest absolute Gasteiger partial charge is 0.444 e. The highest BCUT2D eigenvalue weighted by Crippen LogP contribution is 2.36. The minimum absolute atomic E-state index is 0.144. The SMILES string of the molecule is CC(C)(C)OC(=O)N1CCC(Nc2ncc3c(n2)N(C2CCCC2)C(O)C(C#N)=C3)CC1. The summed E-state index contributed by atoms with van der Waals surface area (Å²) in [5, 5.41) is 23.7. The number of nitrogens with one attached hydrogen (secondary N) is 1. The Labute approximate surface area is 189 Å². The number of fused-ring (bicyclic) bond motifs is 1. The van der Waals surface area contributed by atoms with E-state index in [9.17, 15) is 15.2 Å². The molecule has 4 rings (SSSR count). The number of aromatic nitrogens is 2. The molecule has 2 N–H and O–H groups in total. The normalized spacial score (nSPS) is 22.2. The van der Waals surface area contributed by atoms with Crippen LogP contribution in [0.1, 0.15) is 64.9 Å². The number of aliphatic hydroxyl groups excluding tert-OH is 1. The van der Waals surface area contributed by atoms with Crippen LogP contribution in [0.25, 0.3) is 6.08 Å². The fraction of sp³-hybridized carbons (Fsp3) is 0.652. The Bertz CT molecular complexity index is 921. The van der Waals surface area contributed by atoms with Crippen molar-refractivity contribution in [2.45, 2.75) is 83.2 Å². The number of carbonyl (C=O) groups is 1. The van der Waals surface area contributed by atoms with Crippen molar-refractivity contribution in [2.75, 3.05) is 23.3 Å². The lowest BCUT2D eigenvalue weighted by Gasteiger charge is -2.38.